The normalized spacial score (nSPS) is 15.4. The van der Waals surface area contributed by atoms with E-state index >= 15 is 0 Å². The summed E-state index contributed by atoms with van der Waals surface area (Å²) < 4.78 is 26.8. The topological polar surface area (TPSA) is 85.8 Å². The van der Waals surface area contributed by atoms with Gasteiger partial charge < -0.3 is 10.2 Å². The van der Waals surface area contributed by atoms with Gasteiger partial charge in [-0.25, -0.2) is 13.4 Å². The first-order valence-corrected chi connectivity index (χ1v) is 11.7. The summed E-state index contributed by atoms with van der Waals surface area (Å²) in [4.78, 5) is 21.4. The molecule has 9 heteroatoms. The molecule has 2 aromatic rings. The van der Waals surface area contributed by atoms with E-state index in [1.807, 2.05) is 18.2 Å². The number of piperazine rings is 1. The fourth-order valence-electron chi connectivity index (χ4n) is 3.53. The molecule has 0 bridgehead atoms. The van der Waals surface area contributed by atoms with Crippen molar-refractivity contribution in [2.75, 3.05) is 56.0 Å². The van der Waals surface area contributed by atoms with E-state index < -0.39 is 10.0 Å². The van der Waals surface area contributed by atoms with Crippen LogP contribution >= 0.6 is 0 Å². The van der Waals surface area contributed by atoms with Crippen LogP contribution in [-0.2, 0) is 14.8 Å². The van der Waals surface area contributed by atoms with Gasteiger partial charge in [0, 0.05) is 51.2 Å². The van der Waals surface area contributed by atoms with Crippen molar-refractivity contribution in [1.29, 1.82) is 0 Å². The Kier molecular flexibility index (Phi) is 7.41. The fourth-order valence-corrected chi connectivity index (χ4v) is 5.03. The number of aromatic nitrogens is 1. The van der Waals surface area contributed by atoms with Gasteiger partial charge in [0.25, 0.3) is 0 Å². The van der Waals surface area contributed by atoms with E-state index in [2.05, 4.69) is 20.1 Å². The largest absolute Gasteiger partial charge is 0.354 e. The number of amides is 1. The Morgan fingerprint density at radius 1 is 1.07 bits per heavy atom. The summed E-state index contributed by atoms with van der Waals surface area (Å²) in [5, 5.41) is 2.83. The number of rotatable bonds is 8. The van der Waals surface area contributed by atoms with Crippen LogP contribution in [0, 0.1) is 0 Å². The molecule has 0 unspecified atom stereocenters. The zero-order chi connectivity index (χ0) is 21.6. The summed E-state index contributed by atoms with van der Waals surface area (Å²) in [6.07, 6.45) is 1.78. The molecule has 0 saturated carbocycles. The van der Waals surface area contributed by atoms with Gasteiger partial charge in [-0.3, -0.25) is 9.69 Å². The van der Waals surface area contributed by atoms with Crippen molar-refractivity contribution in [2.45, 2.75) is 18.7 Å². The number of carbonyl (C=O) groups is 1. The van der Waals surface area contributed by atoms with Gasteiger partial charge in [0.15, 0.2) is 0 Å². The van der Waals surface area contributed by atoms with Crippen LogP contribution in [0.5, 0.6) is 0 Å². The zero-order valence-corrected chi connectivity index (χ0v) is 18.3. The molecule has 1 fully saturated rings. The van der Waals surface area contributed by atoms with Crippen LogP contribution < -0.4 is 10.2 Å². The van der Waals surface area contributed by atoms with E-state index in [9.17, 15) is 13.2 Å². The highest BCUT2D eigenvalue weighted by Gasteiger charge is 2.23. The number of sulfonamides is 1. The minimum atomic E-state index is -3.56. The van der Waals surface area contributed by atoms with Crippen molar-refractivity contribution >= 4 is 27.4 Å². The Hall–Kier alpha value is -2.49. The summed E-state index contributed by atoms with van der Waals surface area (Å²) in [6.45, 7) is 7.83. The molecule has 8 nitrogen and oxygen atoms in total. The SMILES string of the molecule is CCN(CC)S(=O)(=O)c1cccc(NC(=O)CN2CCN(c3ccccn3)CC2)c1. The first-order valence-electron chi connectivity index (χ1n) is 10.2. The monoisotopic (exact) mass is 431 g/mol. The molecule has 162 valence electrons. The van der Waals surface area contributed by atoms with E-state index in [0.29, 0.717) is 18.8 Å². The molecule has 1 N–H and O–H groups in total. The standard InChI is InChI=1S/C21H29N5O3S/c1-3-26(4-2)30(28,29)19-9-7-8-18(16-19)23-21(27)17-24-12-14-25(15-13-24)20-10-5-6-11-22-20/h5-11,16H,3-4,12-15,17H2,1-2H3,(H,23,27). The molecule has 0 aliphatic carbocycles. The molecule has 0 radical (unpaired) electrons. The third-order valence-corrected chi connectivity index (χ3v) is 7.22. The summed E-state index contributed by atoms with van der Waals surface area (Å²) in [7, 11) is -3.56. The van der Waals surface area contributed by atoms with Gasteiger partial charge in [-0.15, -0.1) is 0 Å². The minimum Gasteiger partial charge on any atom is -0.354 e. The Bertz CT molecular complexity index is 940. The predicted molar refractivity (Wildman–Crippen MR) is 118 cm³/mol. The molecule has 1 amide bonds. The molecule has 1 aliphatic heterocycles. The molecular weight excluding hydrogens is 402 g/mol. The second-order valence-electron chi connectivity index (χ2n) is 7.12. The van der Waals surface area contributed by atoms with E-state index in [4.69, 9.17) is 0 Å². The number of hydrogen-bond donors (Lipinski definition) is 1. The van der Waals surface area contributed by atoms with Crippen molar-refractivity contribution in [3.05, 3.63) is 48.7 Å². The van der Waals surface area contributed by atoms with Crippen LogP contribution in [0.2, 0.25) is 0 Å². The molecule has 1 saturated heterocycles. The Morgan fingerprint density at radius 2 is 1.80 bits per heavy atom. The number of pyridine rings is 1. The zero-order valence-electron chi connectivity index (χ0n) is 17.5. The number of hydrogen-bond acceptors (Lipinski definition) is 6. The van der Waals surface area contributed by atoms with Gasteiger partial charge in [0.1, 0.15) is 5.82 Å². The third-order valence-electron chi connectivity index (χ3n) is 5.17. The van der Waals surface area contributed by atoms with Crippen molar-refractivity contribution in [3.8, 4) is 0 Å². The second-order valence-corrected chi connectivity index (χ2v) is 9.05. The lowest BCUT2D eigenvalue weighted by molar-refractivity contribution is -0.117. The number of nitrogens with one attached hydrogen (secondary N) is 1. The maximum Gasteiger partial charge on any atom is 0.243 e. The molecule has 1 aliphatic rings. The van der Waals surface area contributed by atoms with E-state index in [-0.39, 0.29) is 17.3 Å². The predicted octanol–water partition coefficient (Wildman–Crippen LogP) is 1.87. The van der Waals surface area contributed by atoms with Crippen LogP contribution in [0.4, 0.5) is 11.5 Å². The lowest BCUT2D eigenvalue weighted by atomic mass is 10.3. The number of anilines is 2. The van der Waals surface area contributed by atoms with Crippen LogP contribution in [0.1, 0.15) is 13.8 Å². The lowest BCUT2D eigenvalue weighted by Gasteiger charge is -2.34. The number of carbonyl (C=O) groups excluding carboxylic acids is 1. The highest BCUT2D eigenvalue weighted by molar-refractivity contribution is 7.89. The fraction of sp³-hybridized carbons (Fsp3) is 0.429. The Balaban J connectivity index is 1.56. The molecule has 30 heavy (non-hydrogen) atoms. The van der Waals surface area contributed by atoms with Gasteiger partial charge in [0.05, 0.1) is 11.4 Å². The summed E-state index contributed by atoms with van der Waals surface area (Å²) in [5.41, 5.74) is 0.486. The maximum atomic E-state index is 12.7. The summed E-state index contributed by atoms with van der Waals surface area (Å²) >= 11 is 0. The first-order chi connectivity index (χ1) is 14.4. The van der Waals surface area contributed by atoms with Gasteiger partial charge >= 0.3 is 0 Å². The molecule has 3 rings (SSSR count). The van der Waals surface area contributed by atoms with Gasteiger partial charge in [-0.1, -0.05) is 26.0 Å². The lowest BCUT2D eigenvalue weighted by Crippen LogP contribution is -2.48. The van der Waals surface area contributed by atoms with Crippen molar-refractivity contribution in [3.63, 3.8) is 0 Å². The Labute approximate surface area is 178 Å². The van der Waals surface area contributed by atoms with E-state index in [0.717, 1.165) is 32.0 Å². The quantitative estimate of drug-likeness (QED) is 0.687. The van der Waals surface area contributed by atoms with Crippen molar-refractivity contribution in [2.24, 2.45) is 0 Å². The third kappa shape index (κ3) is 5.35. The van der Waals surface area contributed by atoms with Crippen LogP contribution in [0.15, 0.2) is 53.6 Å². The molecule has 0 atom stereocenters. The molecule has 1 aromatic carbocycles. The first kappa shape index (κ1) is 22.2. The maximum absolute atomic E-state index is 12.7. The molecule has 2 heterocycles. The van der Waals surface area contributed by atoms with E-state index in [1.54, 1.807) is 38.2 Å². The highest BCUT2D eigenvalue weighted by atomic mass is 32.2. The summed E-state index contributed by atoms with van der Waals surface area (Å²) in [5.74, 6) is 0.798. The van der Waals surface area contributed by atoms with Crippen LogP contribution in [0.3, 0.4) is 0 Å². The highest BCUT2D eigenvalue weighted by Crippen LogP contribution is 2.20. The smallest absolute Gasteiger partial charge is 0.243 e. The van der Waals surface area contributed by atoms with Gasteiger partial charge in [-0.05, 0) is 30.3 Å². The molecule has 0 spiro atoms. The van der Waals surface area contributed by atoms with Crippen LogP contribution in [-0.4, -0.2) is 74.3 Å². The van der Waals surface area contributed by atoms with E-state index in [1.165, 1.54) is 10.4 Å². The average molecular weight is 432 g/mol. The number of nitrogens with zero attached hydrogens (tertiary/aromatic N) is 4. The second kappa shape index (κ2) is 10.0. The van der Waals surface area contributed by atoms with Crippen LogP contribution in [0.25, 0.3) is 0 Å². The molecule has 1 aromatic heterocycles. The Morgan fingerprint density at radius 3 is 2.43 bits per heavy atom. The van der Waals surface area contributed by atoms with Crippen molar-refractivity contribution in [1.82, 2.24) is 14.2 Å². The number of benzene rings is 1. The summed E-state index contributed by atoms with van der Waals surface area (Å²) in [6, 6.07) is 12.3. The average Bonchev–Trinajstić information content (AvgIpc) is 2.76. The van der Waals surface area contributed by atoms with Gasteiger partial charge in [-0.2, -0.15) is 4.31 Å². The van der Waals surface area contributed by atoms with Crippen molar-refractivity contribution < 1.29 is 13.2 Å². The van der Waals surface area contributed by atoms with Gasteiger partial charge in [0.2, 0.25) is 15.9 Å². The molecular formula is C21H29N5O3S. The minimum absolute atomic E-state index is 0.154.